The first-order chi connectivity index (χ1) is 5.49. The largest absolute Gasteiger partial charge is 0.355 e. The Bertz CT molecular complexity index is 228. The molecule has 0 spiro atoms. The van der Waals surface area contributed by atoms with E-state index in [1.807, 2.05) is 33.8 Å². The average molecular weight is 167 g/mol. The van der Waals surface area contributed by atoms with Crippen LogP contribution in [0.2, 0.25) is 0 Å². The van der Waals surface area contributed by atoms with Crippen molar-refractivity contribution in [1.29, 1.82) is 0 Å². The van der Waals surface area contributed by atoms with Crippen LogP contribution in [-0.4, -0.2) is 13.0 Å². The number of nitrogens with one attached hydrogen (secondary N) is 1. The number of likely N-dealkylation sites (N-methyl/N-ethyl adjacent to an activating group) is 1. The van der Waals surface area contributed by atoms with Crippen molar-refractivity contribution < 1.29 is 4.79 Å². The molecule has 1 amide bonds. The van der Waals surface area contributed by atoms with Gasteiger partial charge in [0.05, 0.1) is 0 Å². The van der Waals surface area contributed by atoms with E-state index < -0.39 is 0 Å². The summed E-state index contributed by atoms with van der Waals surface area (Å²) in [5.74, 6) is -0.0174. The van der Waals surface area contributed by atoms with Crippen molar-refractivity contribution in [1.82, 2.24) is 5.32 Å². The van der Waals surface area contributed by atoms with E-state index in [0.717, 1.165) is 16.7 Å². The topological polar surface area (TPSA) is 29.1 Å². The van der Waals surface area contributed by atoms with Gasteiger partial charge in [-0.2, -0.15) is 0 Å². The first-order valence-corrected chi connectivity index (χ1v) is 4.03. The van der Waals surface area contributed by atoms with Gasteiger partial charge in [-0.25, -0.2) is 0 Å². The van der Waals surface area contributed by atoms with Crippen LogP contribution in [0, 0.1) is 0 Å². The second-order valence-electron chi connectivity index (χ2n) is 3.21. The van der Waals surface area contributed by atoms with E-state index in [1.54, 1.807) is 7.05 Å². The minimum atomic E-state index is -0.0174. The number of amides is 1. The Labute approximate surface area is 74.4 Å². The van der Waals surface area contributed by atoms with Gasteiger partial charge in [0.2, 0.25) is 0 Å². The molecule has 0 saturated heterocycles. The molecule has 0 heterocycles. The lowest BCUT2D eigenvalue weighted by atomic mass is 10.1. The Hall–Kier alpha value is -1.05. The molecule has 0 aliphatic carbocycles. The number of carbonyl (C=O) groups excluding carboxylic acids is 1. The first-order valence-electron chi connectivity index (χ1n) is 4.03. The highest BCUT2D eigenvalue weighted by Crippen LogP contribution is 2.07. The molecule has 0 aliphatic heterocycles. The SMILES string of the molecule is CNC(=O)C(C=C(C)C)=C(C)C. The molecule has 1 N–H and O–H groups in total. The van der Waals surface area contributed by atoms with E-state index in [2.05, 4.69) is 5.32 Å². The maximum Gasteiger partial charge on any atom is 0.250 e. The zero-order chi connectivity index (χ0) is 9.72. The van der Waals surface area contributed by atoms with Crippen LogP contribution < -0.4 is 5.32 Å². The van der Waals surface area contributed by atoms with Crippen LogP contribution in [0.5, 0.6) is 0 Å². The van der Waals surface area contributed by atoms with Crippen molar-refractivity contribution in [3.63, 3.8) is 0 Å². The van der Waals surface area contributed by atoms with Crippen LogP contribution in [0.1, 0.15) is 27.7 Å². The summed E-state index contributed by atoms with van der Waals surface area (Å²) in [6.45, 7) is 7.83. The molecule has 0 rings (SSSR count). The molecular formula is C10H17NO. The fourth-order valence-electron chi connectivity index (χ4n) is 0.860. The van der Waals surface area contributed by atoms with Crippen LogP contribution in [0.15, 0.2) is 22.8 Å². The van der Waals surface area contributed by atoms with Crippen molar-refractivity contribution in [3.05, 3.63) is 22.8 Å². The van der Waals surface area contributed by atoms with E-state index in [0.29, 0.717) is 0 Å². The van der Waals surface area contributed by atoms with Gasteiger partial charge in [0, 0.05) is 12.6 Å². The minimum absolute atomic E-state index is 0.0174. The maximum absolute atomic E-state index is 11.3. The fourth-order valence-corrected chi connectivity index (χ4v) is 0.860. The number of rotatable bonds is 2. The predicted molar refractivity (Wildman–Crippen MR) is 51.9 cm³/mol. The summed E-state index contributed by atoms with van der Waals surface area (Å²) < 4.78 is 0. The van der Waals surface area contributed by atoms with E-state index >= 15 is 0 Å². The van der Waals surface area contributed by atoms with Crippen LogP contribution in [0.4, 0.5) is 0 Å². The molecule has 0 bridgehead atoms. The lowest BCUT2D eigenvalue weighted by Crippen LogP contribution is -2.20. The van der Waals surface area contributed by atoms with Crippen LogP contribution in [-0.2, 0) is 4.79 Å². The second kappa shape index (κ2) is 4.75. The van der Waals surface area contributed by atoms with E-state index in [4.69, 9.17) is 0 Å². The van der Waals surface area contributed by atoms with E-state index in [1.165, 1.54) is 0 Å². The van der Waals surface area contributed by atoms with E-state index in [9.17, 15) is 4.79 Å². The molecule has 0 aromatic rings. The van der Waals surface area contributed by atoms with Gasteiger partial charge >= 0.3 is 0 Å². The molecular weight excluding hydrogens is 150 g/mol. The molecule has 2 nitrogen and oxygen atoms in total. The molecule has 0 aromatic heterocycles. The Morgan fingerprint density at radius 3 is 1.92 bits per heavy atom. The smallest absolute Gasteiger partial charge is 0.250 e. The Morgan fingerprint density at radius 2 is 1.67 bits per heavy atom. The molecule has 2 heteroatoms. The van der Waals surface area contributed by atoms with Gasteiger partial charge in [-0.05, 0) is 27.7 Å². The van der Waals surface area contributed by atoms with Gasteiger partial charge in [-0.3, -0.25) is 4.79 Å². The molecule has 0 aromatic carbocycles. The molecule has 0 radical (unpaired) electrons. The summed E-state index contributed by atoms with van der Waals surface area (Å²) in [4.78, 5) is 11.3. The Morgan fingerprint density at radius 1 is 1.17 bits per heavy atom. The highest BCUT2D eigenvalue weighted by Gasteiger charge is 2.04. The normalized spacial score (nSPS) is 8.75. The van der Waals surface area contributed by atoms with Gasteiger partial charge in [-0.1, -0.05) is 17.2 Å². The lowest BCUT2D eigenvalue weighted by molar-refractivity contribution is -0.116. The number of hydrogen-bond donors (Lipinski definition) is 1. The predicted octanol–water partition coefficient (Wildman–Crippen LogP) is 2.04. The zero-order valence-corrected chi connectivity index (χ0v) is 8.49. The van der Waals surface area contributed by atoms with Crippen LogP contribution >= 0.6 is 0 Å². The van der Waals surface area contributed by atoms with Gasteiger partial charge in [0.1, 0.15) is 0 Å². The van der Waals surface area contributed by atoms with Crippen molar-refractivity contribution in [3.8, 4) is 0 Å². The fraction of sp³-hybridized carbons (Fsp3) is 0.500. The third-order valence-corrected chi connectivity index (χ3v) is 1.44. The third-order valence-electron chi connectivity index (χ3n) is 1.44. The monoisotopic (exact) mass is 167 g/mol. The highest BCUT2D eigenvalue weighted by molar-refractivity contribution is 5.96. The summed E-state index contributed by atoms with van der Waals surface area (Å²) in [5.41, 5.74) is 2.93. The summed E-state index contributed by atoms with van der Waals surface area (Å²) in [5, 5.41) is 2.61. The molecule has 0 saturated carbocycles. The average Bonchev–Trinajstić information content (AvgIpc) is 1.98. The van der Waals surface area contributed by atoms with Crippen LogP contribution in [0.25, 0.3) is 0 Å². The van der Waals surface area contributed by atoms with Crippen LogP contribution in [0.3, 0.4) is 0 Å². The van der Waals surface area contributed by atoms with Gasteiger partial charge in [-0.15, -0.1) is 0 Å². The Kier molecular flexibility index (Phi) is 4.34. The van der Waals surface area contributed by atoms with Gasteiger partial charge in [0.15, 0.2) is 0 Å². The summed E-state index contributed by atoms with van der Waals surface area (Å²) in [7, 11) is 1.64. The van der Waals surface area contributed by atoms with Crippen molar-refractivity contribution in [2.24, 2.45) is 0 Å². The van der Waals surface area contributed by atoms with Crippen molar-refractivity contribution >= 4 is 5.91 Å². The van der Waals surface area contributed by atoms with Gasteiger partial charge in [0.25, 0.3) is 5.91 Å². The summed E-state index contributed by atoms with van der Waals surface area (Å²) >= 11 is 0. The summed E-state index contributed by atoms with van der Waals surface area (Å²) in [6, 6.07) is 0. The van der Waals surface area contributed by atoms with Crippen molar-refractivity contribution in [2.45, 2.75) is 27.7 Å². The Balaban J connectivity index is 4.84. The number of hydrogen-bond acceptors (Lipinski definition) is 1. The third kappa shape index (κ3) is 3.37. The summed E-state index contributed by atoms with van der Waals surface area (Å²) in [6.07, 6.45) is 1.90. The number of allylic oxidation sites excluding steroid dienone is 2. The molecule has 12 heavy (non-hydrogen) atoms. The number of carbonyl (C=O) groups is 1. The molecule has 0 fully saturated rings. The van der Waals surface area contributed by atoms with Gasteiger partial charge < -0.3 is 5.32 Å². The lowest BCUT2D eigenvalue weighted by Gasteiger charge is -2.03. The molecule has 0 atom stereocenters. The zero-order valence-electron chi connectivity index (χ0n) is 8.49. The second-order valence-corrected chi connectivity index (χ2v) is 3.21. The first kappa shape index (κ1) is 11.0. The van der Waals surface area contributed by atoms with Crippen molar-refractivity contribution in [2.75, 3.05) is 7.05 Å². The van der Waals surface area contributed by atoms with E-state index in [-0.39, 0.29) is 5.91 Å². The quantitative estimate of drug-likeness (QED) is 0.495. The molecule has 68 valence electrons. The standard InChI is InChI=1S/C10H17NO/c1-7(2)6-9(8(3)4)10(12)11-5/h6H,1-5H3,(H,11,12). The highest BCUT2D eigenvalue weighted by atomic mass is 16.1. The molecule has 0 unspecified atom stereocenters. The molecule has 0 aliphatic rings. The maximum atomic E-state index is 11.3. The minimum Gasteiger partial charge on any atom is -0.355 e.